The van der Waals surface area contributed by atoms with E-state index in [0.29, 0.717) is 39.2 Å². The summed E-state index contributed by atoms with van der Waals surface area (Å²) in [6.45, 7) is 1.72. The second kappa shape index (κ2) is 8.36. The number of carboxylic acids is 1. The van der Waals surface area contributed by atoms with Crippen LogP contribution in [0.25, 0.3) is 22.1 Å². The van der Waals surface area contributed by atoms with Gasteiger partial charge in [-0.2, -0.15) is 0 Å². The minimum absolute atomic E-state index is 0.292. The lowest BCUT2D eigenvalue weighted by atomic mass is 10.00. The number of carbonyl (C=O) groups is 1. The van der Waals surface area contributed by atoms with Gasteiger partial charge in [-0.3, -0.25) is 0 Å². The predicted molar refractivity (Wildman–Crippen MR) is 114 cm³/mol. The lowest BCUT2D eigenvalue weighted by Crippen LogP contribution is -2.33. The van der Waals surface area contributed by atoms with Gasteiger partial charge in [-0.1, -0.05) is 42.5 Å². The van der Waals surface area contributed by atoms with Gasteiger partial charge >= 0.3 is 5.63 Å². The Bertz CT molecular complexity index is 1290. The minimum Gasteiger partial charge on any atom is -0.546 e. The van der Waals surface area contributed by atoms with Crippen molar-refractivity contribution in [2.75, 3.05) is 7.11 Å². The summed E-state index contributed by atoms with van der Waals surface area (Å²) in [4.78, 5) is 24.0. The molecule has 0 saturated carbocycles. The Morgan fingerprint density at radius 1 is 1.00 bits per heavy atom. The molecule has 0 aliphatic carbocycles. The van der Waals surface area contributed by atoms with Crippen molar-refractivity contribution in [1.29, 1.82) is 0 Å². The van der Waals surface area contributed by atoms with Crippen LogP contribution >= 0.6 is 0 Å². The normalized spacial score (nSPS) is 11.8. The third-order valence-corrected chi connectivity index (χ3v) is 5.07. The van der Waals surface area contributed by atoms with E-state index in [-0.39, 0.29) is 0 Å². The van der Waals surface area contributed by atoms with Crippen LogP contribution in [0.3, 0.4) is 0 Å². The molecular formula is C25H19O6-. The number of benzene rings is 3. The Balaban J connectivity index is 1.80. The summed E-state index contributed by atoms with van der Waals surface area (Å²) in [5, 5.41) is 12.4. The molecule has 0 radical (unpaired) electrons. The van der Waals surface area contributed by atoms with Gasteiger partial charge < -0.3 is 23.8 Å². The largest absolute Gasteiger partial charge is 0.546 e. The zero-order chi connectivity index (χ0) is 22.0. The first kappa shape index (κ1) is 20.2. The SMILES string of the molecule is COc1ccc(-c2cc(=O)oc3c(C)c(O[C@@H](C(=O)[O-])c4ccccc4)ccc23)cc1. The molecule has 1 atom stereocenters. The van der Waals surface area contributed by atoms with Crippen LogP contribution in [0.2, 0.25) is 0 Å². The summed E-state index contributed by atoms with van der Waals surface area (Å²) in [6.07, 6.45) is -1.30. The molecule has 0 N–H and O–H groups in total. The third-order valence-electron chi connectivity index (χ3n) is 5.07. The zero-order valence-corrected chi connectivity index (χ0v) is 17.0. The Hall–Kier alpha value is -4.06. The van der Waals surface area contributed by atoms with E-state index in [1.807, 2.05) is 24.3 Å². The molecule has 0 spiro atoms. The molecule has 6 nitrogen and oxygen atoms in total. The van der Waals surface area contributed by atoms with E-state index in [1.54, 1.807) is 56.5 Å². The first-order valence-corrected chi connectivity index (χ1v) is 9.62. The lowest BCUT2D eigenvalue weighted by Gasteiger charge is -2.22. The molecule has 31 heavy (non-hydrogen) atoms. The number of rotatable bonds is 6. The van der Waals surface area contributed by atoms with Crippen molar-refractivity contribution in [3.8, 4) is 22.6 Å². The fraction of sp³-hybridized carbons (Fsp3) is 0.120. The van der Waals surface area contributed by atoms with Gasteiger partial charge in [0, 0.05) is 17.0 Å². The number of methoxy groups -OCH3 is 1. The maximum atomic E-state index is 12.3. The molecule has 0 saturated heterocycles. The van der Waals surface area contributed by atoms with E-state index in [2.05, 4.69) is 0 Å². The van der Waals surface area contributed by atoms with Gasteiger partial charge in [-0.15, -0.1) is 0 Å². The molecule has 156 valence electrons. The van der Waals surface area contributed by atoms with Crippen LogP contribution in [0.15, 0.2) is 82.0 Å². The Morgan fingerprint density at radius 2 is 1.71 bits per heavy atom. The molecule has 0 aliphatic heterocycles. The highest BCUT2D eigenvalue weighted by Crippen LogP contribution is 2.35. The monoisotopic (exact) mass is 415 g/mol. The highest BCUT2D eigenvalue weighted by molar-refractivity contribution is 5.95. The average molecular weight is 415 g/mol. The maximum absolute atomic E-state index is 12.3. The van der Waals surface area contributed by atoms with E-state index in [9.17, 15) is 14.7 Å². The summed E-state index contributed by atoms with van der Waals surface area (Å²) in [5.41, 5.74) is 2.31. The standard InChI is InChI=1S/C25H20O6/c1-15-21(30-24(25(27)28)17-6-4-3-5-7-17)13-12-19-20(14-22(26)31-23(15)19)16-8-10-18(29-2)11-9-16/h3-14,24H,1-2H3,(H,27,28)/p-1/t24-/m1/s1. The predicted octanol–water partition coefficient (Wildman–Crippen LogP) is 3.65. The molecule has 0 unspecified atom stereocenters. The topological polar surface area (TPSA) is 88.8 Å². The smallest absolute Gasteiger partial charge is 0.336 e. The molecule has 1 heterocycles. The first-order valence-electron chi connectivity index (χ1n) is 9.62. The summed E-state index contributed by atoms with van der Waals surface area (Å²) in [5.74, 6) is -0.364. The maximum Gasteiger partial charge on any atom is 0.336 e. The number of ether oxygens (including phenoxy) is 2. The molecular weight excluding hydrogens is 396 g/mol. The van der Waals surface area contributed by atoms with Gasteiger partial charge in [0.1, 0.15) is 17.1 Å². The van der Waals surface area contributed by atoms with E-state index in [4.69, 9.17) is 13.9 Å². The van der Waals surface area contributed by atoms with Crippen molar-refractivity contribution in [3.63, 3.8) is 0 Å². The number of carboxylic acid groups (broad SMARTS) is 1. The van der Waals surface area contributed by atoms with Gasteiger partial charge in [0.25, 0.3) is 0 Å². The van der Waals surface area contributed by atoms with Gasteiger partial charge in [-0.05, 0) is 47.9 Å². The average Bonchev–Trinajstić information content (AvgIpc) is 2.79. The number of carbonyl (C=O) groups excluding carboxylic acids is 1. The highest BCUT2D eigenvalue weighted by atomic mass is 16.5. The second-order valence-corrected chi connectivity index (χ2v) is 7.00. The molecule has 0 aliphatic rings. The zero-order valence-electron chi connectivity index (χ0n) is 17.0. The molecule has 0 fully saturated rings. The van der Waals surface area contributed by atoms with Gasteiger partial charge in [-0.25, -0.2) is 4.79 Å². The molecule has 0 bridgehead atoms. The number of aryl methyl sites for hydroxylation is 1. The molecule has 3 aromatic carbocycles. The molecule has 4 rings (SSSR count). The Labute approximate surface area is 178 Å². The van der Waals surface area contributed by atoms with Crippen molar-refractivity contribution in [2.45, 2.75) is 13.0 Å². The fourth-order valence-electron chi connectivity index (χ4n) is 3.49. The Morgan fingerprint density at radius 3 is 2.35 bits per heavy atom. The summed E-state index contributed by atoms with van der Waals surface area (Å²) >= 11 is 0. The first-order chi connectivity index (χ1) is 15.0. The Kier molecular flexibility index (Phi) is 5.45. The van der Waals surface area contributed by atoms with E-state index in [0.717, 1.165) is 5.56 Å². The van der Waals surface area contributed by atoms with Crippen LogP contribution in [0.1, 0.15) is 17.2 Å². The summed E-state index contributed by atoms with van der Waals surface area (Å²) < 4.78 is 16.4. The summed E-state index contributed by atoms with van der Waals surface area (Å²) in [6, 6.07) is 20.7. The van der Waals surface area contributed by atoms with Gasteiger partial charge in [0.15, 0.2) is 6.10 Å². The summed E-state index contributed by atoms with van der Waals surface area (Å²) in [7, 11) is 1.59. The number of aliphatic carboxylic acids is 1. The molecule has 0 amide bonds. The quantitative estimate of drug-likeness (QED) is 0.447. The van der Waals surface area contributed by atoms with E-state index < -0.39 is 17.7 Å². The van der Waals surface area contributed by atoms with Crippen LogP contribution in [0.4, 0.5) is 0 Å². The number of hydrogen-bond acceptors (Lipinski definition) is 6. The van der Waals surface area contributed by atoms with Crippen molar-refractivity contribution in [3.05, 3.63) is 94.3 Å². The van der Waals surface area contributed by atoms with Crippen molar-refractivity contribution in [1.82, 2.24) is 0 Å². The number of hydrogen-bond donors (Lipinski definition) is 0. The number of fused-ring (bicyclic) bond motifs is 1. The van der Waals surface area contributed by atoms with Gasteiger partial charge in [0.05, 0.1) is 13.1 Å². The van der Waals surface area contributed by atoms with Crippen molar-refractivity contribution in [2.24, 2.45) is 0 Å². The van der Waals surface area contributed by atoms with Crippen LogP contribution in [0.5, 0.6) is 11.5 Å². The third kappa shape index (κ3) is 4.00. The molecule has 1 aromatic heterocycles. The van der Waals surface area contributed by atoms with Gasteiger partial charge in [0.2, 0.25) is 0 Å². The molecule has 4 aromatic rings. The lowest BCUT2D eigenvalue weighted by molar-refractivity contribution is -0.314. The minimum atomic E-state index is -1.36. The van der Waals surface area contributed by atoms with Crippen molar-refractivity contribution < 1.29 is 23.8 Å². The van der Waals surface area contributed by atoms with Crippen LogP contribution in [0, 0.1) is 6.92 Å². The van der Waals surface area contributed by atoms with E-state index in [1.165, 1.54) is 6.07 Å². The fourth-order valence-corrected chi connectivity index (χ4v) is 3.49. The van der Waals surface area contributed by atoms with Crippen LogP contribution in [-0.2, 0) is 4.79 Å². The van der Waals surface area contributed by atoms with Crippen LogP contribution < -0.4 is 20.2 Å². The van der Waals surface area contributed by atoms with E-state index >= 15 is 0 Å². The second-order valence-electron chi connectivity index (χ2n) is 7.00. The highest BCUT2D eigenvalue weighted by Gasteiger charge is 2.19. The molecule has 6 heteroatoms. The van der Waals surface area contributed by atoms with Crippen molar-refractivity contribution >= 4 is 16.9 Å². The van der Waals surface area contributed by atoms with Crippen LogP contribution in [-0.4, -0.2) is 13.1 Å².